The number of anilines is 2. The lowest BCUT2D eigenvalue weighted by molar-refractivity contribution is -0.122. The van der Waals surface area contributed by atoms with Crippen LogP contribution >= 0.6 is 11.6 Å². The molecular weight excluding hydrogens is 312 g/mol. The number of nitrogens with zero attached hydrogens (tertiary/aromatic N) is 1. The molecular formula is C18H17ClN2O2. The smallest absolute Gasteiger partial charge is 0.229 e. The van der Waals surface area contributed by atoms with E-state index in [0.29, 0.717) is 17.3 Å². The third-order valence-corrected chi connectivity index (χ3v) is 4.36. The fourth-order valence-electron chi connectivity index (χ4n) is 2.78. The summed E-state index contributed by atoms with van der Waals surface area (Å²) in [5, 5.41) is 3.30. The van der Waals surface area contributed by atoms with Gasteiger partial charge in [0.25, 0.3) is 0 Å². The van der Waals surface area contributed by atoms with Gasteiger partial charge in [-0.3, -0.25) is 9.59 Å². The predicted molar refractivity (Wildman–Crippen MR) is 91.7 cm³/mol. The molecule has 1 atom stereocenters. The summed E-state index contributed by atoms with van der Waals surface area (Å²) >= 11 is 6.06. The molecule has 1 fully saturated rings. The Morgan fingerprint density at radius 3 is 2.61 bits per heavy atom. The van der Waals surface area contributed by atoms with Crippen molar-refractivity contribution in [2.75, 3.05) is 16.8 Å². The molecule has 0 unspecified atom stereocenters. The Kier molecular flexibility index (Phi) is 4.35. The minimum atomic E-state index is -0.377. The van der Waals surface area contributed by atoms with Crippen LogP contribution in [0.15, 0.2) is 48.5 Å². The Labute approximate surface area is 140 Å². The van der Waals surface area contributed by atoms with Crippen LogP contribution in [0.4, 0.5) is 11.4 Å². The van der Waals surface area contributed by atoms with E-state index in [1.165, 1.54) is 0 Å². The van der Waals surface area contributed by atoms with Crippen molar-refractivity contribution in [2.24, 2.45) is 5.92 Å². The van der Waals surface area contributed by atoms with E-state index < -0.39 is 0 Å². The van der Waals surface area contributed by atoms with E-state index in [4.69, 9.17) is 11.6 Å². The van der Waals surface area contributed by atoms with Gasteiger partial charge in [0.2, 0.25) is 11.8 Å². The zero-order chi connectivity index (χ0) is 16.4. The van der Waals surface area contributed by atoms with Crippen molar-refractivity contribution >= 4 is 34.8 Å². The number of benzene rings is 2. The van der Waals surface area contributed by atoms with Gasteiger partial charge in [-0.05, 0) is 30.7 Å². The van der Waals surface area contributed by atoms with Gasteiger partial charge in [-0.2, -0.15) is 0 Å². The second-order valence-electron chi connectivity index (χ2n) is 5.66. The monoisotopic (exact) mass is 328 g/mol. The highest BCUT2D eigenvalue weighted by molar-refractivity contribution is 6.33. The number of hydrogen-bond donors (Lipinski definition) is 1. The molecule has 4 nitrogen and oxygen atoms in total. The van der Waals surface area contributed by atoms with E-state index in [0.717, 1.165) is 11.3 Å². The Balaban J connectivity index is 1.74. The van der Waals surface area contributed by atoms with Gasteiger partial charge < -0.3 is 10.2 Å². The van der Waals surface area contributed by atoms with E-state index in [1.807, 2.05) is 31.2 Å². The minimum Gasteiger partial charge on any atom is -0.324 e. The normalized spacial score (nSPS) is 17.4. The summed E-state index contributed by atoms with van der Waals surface area (Å²) in [6.45, 7) is 2.35. The molecule has 1 aliphatic heterocycles. The fraction of sp³-hybridized carbons (Fsp3) is 0.222. The Morgan fingerprint density at radius 2 is 1.87 bits per heavy atom. The number of aryl methyl sites for hydroxylation is 1. The van der Waals surface area contributed by atoms with E-state index in [2.05, 4.69) is 5.32 Å². The third-order valence-electron chi connectivity index (χ3n) is 4.03. The quantitative estimate of drug-likeness (QED) is 0.935. The van der Waals surface area contributed by atoms with Gasteiger partial charge in [0.15, 0.2) is 0 Å². The van der Waals surface area contributed by atoms with E-state index in [9.17, 15) is 9.59 Å². The van der Waals surface area contributed by atoms with Crippen LogP contribution < -0.4 is 10.2 Å². The second-order valence-corrected chi connectivity index (χ2v) is 6.07. The lowest BCUT2D eigenvalue weighted by Crippen LogP contribution is -2.28. The molecule has 0 aromatic heterocycles. The average Bonchev–Trinajstić information content (AvgIpc) is 2.92. The number of carbonyl (C=O) groups excluding carboxylic acids is 2. The maximum atomic E-state index is 12.4. The fourth-order valence-corrected chi connectivity index (χ4v) is 2.96. The van der Waals surface area contributed by atoms with Gasteiger partial charge in [0, 0.05) is 18.7 Å². The van der Waals surface area contributed by atoms with Crippen molar-refractivity contribution in [3.63, 3.8) is 0 Å². The highest BCUT2D eigenvalue weighted by atomic mass is 35.5. The van der Waals surface area contributed by atoms with Crippen molar-refractivity contribution in [2.45, 2.75) is 13.3 Å². The highest BCUT2D eigenvalue weighted by Gasteiger charge is 2.35. The lowest BCUT2D eigenvalue weighted by atomic mass is 10.1. The molecule has 5 heteroatoms. The van der Waals surface area contributed by atoms with E-state index in [1.54, 1.807) is 29.2 Å². The van der Waals surface area contributed by atoms with Crippen molar-refractivity contribution in [3.8, 4) is 0 Å². The molecule has 0 spiro atoms. The van der Waals surface area contributed by atoms with Crippen LogP contribution in [0, 0.1) is 12.8 Å². The zero-order valence-electron chi connectivity index (χ0n) is 12.8. The van der Waals surface area contributed by atoms with Crippen LogP contribution in [0.5, 0.6) is 0 Å². The topological polar surface area (TPSA) is 49.4 Å². The number of nitrogens with one attached hydrogen (secondary N) is 1. The molecule has 0 radical (unpaired) electrons. The van der Waals surface area contributed by atoms with Crippen molar-refractivity contribution in [3.05, 3.63) is 59.1 Å². The maximum Gasteiger partial charge on any atom is 0.229 e. The third kappa shape index (κ3) is 3.22. The maximum absolute atomic E-state index is 12.4. The first-order valence-electron chi connectivity index (χ1n) is 7.47. The van der Waals surface area contributed by atoms with Gasteiger partial charge in [-0.1, -0.05) is 41.9 Å². The summed E-state index contributed by atoms with van der Waals surface area (Å²) in [6, 6.07) is 14.8. The van der Waals surface area contributed by atoms with Crippen molar-refractivity contribution in [1.29, 1.82) is 0 Å². The molecule has 2 aromatic carbocycles. The number of hydrogen-bond acceptors (Lipinski definition) is 2. The number of amides is 2. The number of carbonyl (C=O) groups is 2. The molecule has 0 saturated carbocycles. The molecule has 1 aliphatic rings. The van der Waals surface area contributed by atoms with Gasteiger partial charge in [-0.25, -0.2) is 0 Å². The molecule has 0 bridgehead atoms. The molecule has 118 valence electrons. The van der Waals surface area contributed by atoms with Crippen molar-refractivity contribution < 1.29 is 9.59 Å². The number of rotatable bonds is 3. The highest BCUT2D eigenvalue weighted by Crippen LogP contribution is 2.29. The molecule has 2 aromatic rings. The van der Waals surface area contributed by atoms with Gasteiger partial charge in [0.05, 0.1) is 16.6 Å². The lowest BCUT2D eigenvalue weighted by Gasteiger charge is -2.19. The zero-order valence-corrected chi connectivity index (χ0v) is 13.5. The molecule has 3 rings (SSSR count). The summed E-state index contributed by atoms with van der Waals surface area (Å²) in [5.41, 5.74) is 2.46. The molecule has 1 N–H and O–H groups in total. The molecule has 1 saturated heterocycles. The molecule has 1 heterocycles. The summed E-state index contributed by atoms with van der Waals surface area (Å²) < 4.78 is 0. The van der Waals surface area contributed by atoms with E-state index >= 15 is 0 Å². The minimum absolute atomic E-state index is 0.0291. The van der Waals surface area contributed by atoms with Crippen LogP contribution in [0.1, 0.15) is 12.0 Å². The summed E-state index contributed by atoms with van der Waals surface area (Å²) in [4.78, 5) is 26.4. The first-order valence-corrected chi connectivity index (χ1v) is 7.85. The van der Waals surface area contributed by atoms with Gasteiger partial charge in [-0.15, -0.1) is 0 Å². The van der Waals surface area contributed by atoms with Crippen LogP contribution in [0.2, 0.25) is 5.02 Å². The number of halogens is 1. The summed E-state index contributed by atoms with van der Waals surface area (Å²) in [7, 11) is 0. The molecule has 23 heavy (non-hydrogen) atoms. The second kappa shape index (κ2) is 6.42. The Bertz CT molecular complexity index is 760. The molecule has 2 amide bonds. The summed E-state index contributed by atoms with van der Waals surface area (Å²) in [6.07, 6.45) is 0.213. The van der Waals surface area contributed by atoms with E-state index in [-0.39, 0.29) is 24.2 Å². The SMILES string of the molecule is Cc1ccccc1N1C[C@H](C(=O)Nc2ccccc2Cl)CC1=O. The average molecular weight is 329 g/mol. The first kappa shape index (κ1) is 15.6. The summed E-state index contributed by atoms with van der Waals surface area (Å²) in [5.74, 6) is -0.584. The molecule has 0 aliphatic carbocycles. The van der Waals surface area contributed by atoms with Crippen LogP contribution in [-0.2, 0) is 9.59 Å². The largest absolute Gasteiger partial charge is 0.324 e. The van der Waals surface area contributed by atoms with Crippen LogP contribution in [0.3, 0.4) is 0 Å². The Morgan fingerprint density at radius 1 is 1.17 bits per heavy atom. The predicted octanol–water partition coefficient (Wildman–Crippen LogP) is 3.64. The van der Waals surface area contributed by atoms with Crippen molar-refractivity contribution in [1.82, 2.24) is 0 Å². The van der Waals surface area contributed by atoms with Crippen LogP contribution in [-0.4, -0.2) is 18.4 Å². The van der Waals surface area contributed by atoms with Gasteiger partial charge in [0.1, 0.15) is 0 Å². The standard InChI is InChI=1S/C18H17ClN2O2/c1-12-6-2-5-9-16(12)21-11-13(10-17(21)22)18(23)20-15-8-4-3-7-14(15)19/h2-9,13H,10-11H2,1H3,(H,20,23)/t13-/m1/s1. The van der Waals surface area contributed by atoms with Crippen LogP contribution in [0.25, 0.3) is 0 Å². The number of para-hydroxylation sites is 2. The Hall–Kier alpha value is -2.33. The van der Waals surface area contributed by atoms with Gasteiger partial charge >= 0.3 is 0 Å². The first-order chi connectivity index (χ1) is 11.1.